The van der Waals surface area contributed by atoms with E-state index >= 15 is 0 Å². The Balaban J connectivity index is 1.47. The molecule has 35 heavy (non-hydrogen) atoms. The molecule has 9 atom stereocenters. The first-order valence-electron chi connectivity index (χ1n) is 15.3. The van der Waals surface area contributed by atoms with E-state index < -0.39 is 0 Å². The van der Waals surface area contributed by atoms with Gasteiger partial charge in [0.25, 0.3) is 0 Å². The molecule has 3 fully saturated rings. The number of hydrogen-bond donors (Lipinski definition) is 0. The first-order valence-corrected chi connectivity index (χ1v) is 15.3. The van der Waals surface area contributed by atoms with E-state index in [2.05, 4.69) is 79.7 Å². The van der Waals surface area contributed by atoms with Crippen LogP contribution in [0.2, 0.25) is 0 Å². The Morgan fingerprint density at radius 2 is 1.71 bits per heavy atom. The van der Waals surface area contributed by atoms with E-state index in [1.807, 2.05) is 5.57 Å². The van der Waals surface area contributed by atoms with Crippen molar-refractivity contribution in [2.24, 2.45) is 52.3 Å². The van der Waals surface area contributed by atoms with Crippen LogP contribution >= 0.6 is 0 Å². The molecule has 3 saturated carbocycles. The summed E-state index contributed by atoms with van der Waals surface area (Å²) in [6.45, 7) is 20.4. The van der Waals surface area contributed by atoms with Crippen LogP contribution in [-0.2, 0) is 4.74 Å². The molecular formula is C34H56O. The summed E-state index contributed by atoms with van der Waals surface area (Å²) in [4.78, 5) is 0. The topological polar surface area (TPSA) is 9.23 Å². The zero-order chi connectivity index (χ0) is 25.4. The number of fused-ring (bicyclic) bond motifs is 5. The average Bonchev–Trinajstić information content (AvgIpc) is 3.18. The Bertz CT molecular complexity index is 816. The highest BCUT2D eigenvalue weighted by atomic mass is 16.5. The molecule has 0 radical (unpaired) electrons. The molecule has 0 saturated heterocycles. The van der Waals surface area contributed by atoms with Gasteiger partial charge in [-0.15, -0.1) is 0 Å². The predicted molar refractivity (Wildman–Crippen MR) is 151 cm³/mol. The SMILES string of the molecule is CCCC(C)COC1CCC2(C)C(=CC=C3C2CCC2(C)C3CCC2C(C)C=CC(C)C(C)C)C1. The van der Waals surface area contributed by atoms with Gasteiger partial charge in [-0.1, -0.05) is 97.3 Å². The lowest BCUT2D eigenvalue weighted by molar-refractivity contribution is -0.0105. The van der Waals surface area contributed by atoms with Crippen molar-refractivity contribution in [2.75, 3.05) is 6.61 Å². The number of hydrogen-bond acceptors (Lipinski definition) is 1. The van der Waals surface area contributed by atoms with Crippen molar-refractivity contribution >= 4 is 0 Å². The minimum absolute atomic E-state index is 0.372. The normalized spacial score (nSPS) is 39.5. The molecule has 4 aliphatic rings. The Morgan fingerprint density at radius 1 is 0.943 bits per heavy atom. The molecule has 0 aromatic rings. The van der Waals surface area contributed by atoms with Gasteiger partial charge in [-0.3, -0.25) is 0 Å². The fourth-order valence-electron chi connectivity index (χ4n) is 8.60. The summed E-state index contributed by atoms with van der Waals surface area (Å²) >= 11 is 0. The lowest BCUT2D eigenvalue weighted by atomic mass is 9.50. The second kappa shape index (κ2) is 10.9. The van der Waals surface area contributed by atoms with Crippen LogP contribution in [0.5, 0.6) is 0 Å². The largest absolute Gasteiger partial charge is 0.378 e. The van der Waals surface area contributed by atoms with Crippen LogP contribution in [0.3, 0.4) is 0 Å². The third-order valence-corrected chi connectivity index (χ3v) is 11.4. The van der Waals surface area contributed by atoms with Gasteiger partial charge in [0, 0.05) is 6.61 Å². The summed E-state index contributed by atoms with van der Waals surface area (Å²) in [5, 5.41) is 0. The monoisotopic (exact) mass is 480 g/mol. The second-order valence-corrected chi connectivity index (χ2v) is 14.0. The Morgan fingerprint density at radius 3 is 2.43 bits per heavy atom. The van der Waals surface area contributed by atoms with Gasteiger partial charge in [-0.2, -0.15) is 0 Å². The molecule has 4 rings (SSSR count). The number of rotatable bonds is 9. The zero-order valence-electron chi connectivity index (χ0n) is 24.4. The molecule has 198 valence electrons. The van der Waals surface area contributed by atoms with Crippen LogP contribution in [0.1, 0.15) is 113 Å². The van der Waals surface area contributed by atoms with Crippen molar-refractivity contribution < 1.29 is 4.74 Å². The summed E-state index contributed by atoms with van der Waals surface area (Å²) in [5.41, 5.74) is 4.37. The van der Waals surface area contributed by atoms with Gasteiger partial charge in [0.05, 0.1) is 6.10 Å². The van der Waals surface area contributed by atoms with Gasteiger partial charge in [0.1, 0.15) is 0 Å². The molecule has 0 N–H and O–H groups in total. The maximum Gasteiger partial charge on any atom is 0.0613 e. The van der Waals surface area contributed by atoms with E-state index in [1.54, 1.807) is 5.57 Å². The van der Waals surface area contributed by atoms with E-state index in [-0.39, 0.29) is 0 Å². The first kappa shape index (κ1) is 27.2. The molecule has 9 unspecified atom stereocenters. The van der Waals surface area contributed by atoms with Crippen LogP contribution in [-0.4, -0.2) is 12.7 Å². The van der Waals surface area contributed by atoms with Gasteiger partial charge >= 0.3 is 0 Å². The molecule has 0 amide bonds. The summed E-state index contributed by atoms with van der Waals surface area (Å²) in [7, 11) is 0. The second-order valence-electron chi connectivity index (χ2n) is 14.0. The molecule has 0 heterocycles. The van der Waals surface area contributed by atoms with E-state index in [0.29, 0.717) is 34.7 Å². The molecular weight excluding hydrogens is 424 g/mol. The Hall–Kier alpha value is -0.820. The fraction of sp³-hybridized carbons (Fsp3) is 0.824. The van der Waals surface area contributed by atoms with Crippen molar-refractivity contribution in [1.29, 1.82) is 0 Å². The van der Waals surface area contributed by atoms with E-state index in [0.717, 1.165) is 36.7 Å². The van der Waals surface area contributed by atoms with Gasteiger partial charge in [0.15, 0.2) is 0 Å². The number of allylic oxidation sites excluding steroid dienone is 5. The minimum Gasteiger partial charge on any atom is -0.378 e. The van der Waals surface area contributed by atoms with Crippen molar-refractivity contribution in [2.45, 2.75) is 119 Å². The molecule has 0 bridgehead atoms. The molecule has 1 nitrogen and oxygen atoms in total. The van der Waals surface area contributed by atoms with Crippen LogP contribution in [0.4, 0.5) is 0 Å². The van der Waals surface area contributed by atoms with E-state index in [4.69, 9.17) is 4.74 Å². The zero-order valence-corrected chi connectivity index (χ0v) is 24.4. The van der Waals surface area contributed by atoms with Crippen LogP contribution in [0.25, 0.3) is 0 Å². The smallest absolute Gasteiger partial charge is 0.0613 e. The highest BCUT2D eigenvalue weighted by Crippen LogP contribution is 2.66. The highest BCUT2D eigenvalue weighted by molar-refractivity contribution is 5.39. The van der Waals surface area contributed by atoms with Gasteiger partial charge in [-0.05, 0) is 104 Å². The van der Waals surface area contributed by atoms with E-state index in [1.165, 1.54) is 51.4 Å². The van der Waals surface area contributed by atoms with Crippen LogP contribution in [0, 0.1) is 52.3 Å². The third kappa shape index (κ3) is 5.28. The lowest BCUT2D eigenvalue weighted by Crippen LogP contribution is -2.46. The average molecular weight is 481 g/mol. The molecule has 4 aliphatic carbocycles. The molecule has 1 heteroatoms. The molecule has 0 aromatic heterocycles. The standard InChI is InChI=1S/C34H56O/c1-9-10-24(4)22-35-28-17-19-33(7)27(21-28)13-14-29-31-16-15-30(34(31,8)20-18-32(29)33)26(6)12-11-25(5)23(2)3/h11-14,23-26,28,30-32H,9-10,15-22H2,1-8H3. The fourth-order valence-corrected chi connectivity index (χ4v) is 8.60. The van der Waals surface area contributed by atoms with Crippen molar-refractivity contribution in [3.8, 4) is 0 Å². The van der Waals surface area contributed by atoms with Crippen molar-refractivity contribution in [1.82, 2.24) is 0 Å². The molecule has 0 aliphatic heterocycles. The van der Waals surface area contributed by atoms with Crippen LogP contribution < -0.4 is 0 Å². The van der Waals surface area contributed by atoms with Gasteiger partial charge < -0.3 is 4.74 Å². The first-order chi connectivity index (χ1) is 16.6. The molecule has 0 aromatic carbocycles. The van der Waals surface area contributed by atoms with Crippen molar-refractivity contribution in [3.05, 3.63) is 35.5 Å². The Kier molecular flexibility index (Phi) is 8.47. The van der Waals surface area contributed by atoms with Crippen molar-refractivity contribution in [3.63, 3.8) is 0 Å². The van der Waals surface area contributed by atoms with Crippen LogP contribution in [0.15, 0.2) is 35.5 Å². The molecule has 0 spiro atoms. The minimum atomic E-state index is 0.372. The summed E-state index contributed by atoms with van der Waals surface area (Å²) in [6.07, 6.45) is 22.6. The van der Waals surface area contributed by atoms with Gasteiger partial charge in [0.2, 0.25) is 0 Å². The third-order valence-electron chi connectivity index (χ3n) is 11.4. The summed E-state index contributed by atoms with van der Waals surface area (Å²) < 4.78 is 6.44. The number of ether oxygens (including phenoxy) is 1. The highest BCUT2D eigenvalue weighted by Gasteiger charge is 2.56. The Labute approximate surface area is 218 Å². The maximum atomic E-state index is 6.44. The quantitative estimate of drug-likeness (QED) is 0.298. The van der Waals surface area contributed by atoms with Gasteiger partial charge in [-0.25, -0.2) is 0 Å². The predicted octanol–water partition coefficient (Wildman–Crippen LogP) is 9.79. The summed E-state index contributed by atoms with van der Waals surface area (Å²) in [5.74, 6) is 5.19. The summed E-state index contributed by atoms with van der Waals surface area (Å²) in [6, 6.07) is 0. The lowest BCUT2D eigenvalue weighted by Gasteiger charge is -2.55. The van der Waals surface area contributed by atoms with E-state index in [9.17, 15) is 0 Å². The maximum absolute atomic E-state index is 6.44.